The van der Waals surface area contributed by atoms with Gasteiger partial charge in [0.2, 0.25) is 5.91 Å². The molecule has 3 saturated heterocycles. The number of hydrogen-bond acceptors (Lipinski definition) is 4. The Balaban J connectivity index is 1.38. The van der Waals surface area contributed by atoms with E-state index in [4.69, 9.17) is 4.74 Å². The van der Waals surface area contributed by atoms with Crippen molar-refractivity contribution >= 4 is 5.91 Å². The second kappa shape index (κ2) is 7.49. The first-order valence-corrected chi connectivity index (χ1v) is 10.1. The number of likely N-dealkylation sites (N-methyl/N-ethyl adjacent to an activating group) is 1. The van der Waals surface area contributed by atoms with E-state index >= 15 is 0 Å². The molecule has 1 amide bonds. The lowest BCUT2D eigenvalue weighted by Gasteiger charge is -2.29. The molecule has 0 unspecified atom stereocenters. The van der Waals surface area contributed by atoms with Crippen molar-refractivity contribution < 1.29 is 13.9 Å². The molecule has 5 nitrogen and oxygen atoms in total. The van der Waals surface area contributed by atoms with Gasteiger partial charge in [-0.2, -0.15) is 0 Å². The molecule has 3 fully saturated rings. The second-order valence-electron chi connectivity index (χ2n) is 8.43. The summed E-state index contributed by atoms with van der Waals surface area (Å²) in [5.41, 5.74) is 0.654. The summed E-state index contributed by atoms with van der Waals surface area (Å²) in [6, 6.07) is 7.01. The third-order valence-corrected chi connectivity index (χ3v) is 6.69. The van der Waals surface area contributed by atoms with Gasteiger partial charge in [0.15, 0.2) is 0 Å². The lowest BCUT2D eigenvalue weighted by atomic mass is 9.73. The van der Waals surface area contributed by atoms with E-state index in [1.807, 2.05) is 31.0 Å². The zero-order valence-electron chi connectivity index (χ0n) is 16.3. The number of halogens is 1. The summed E-state index contributed by atoms with van der Waals surface area (Å²) < 4.78 is 20.5. The lowest BCUT2D eigenvalue weighted by molar-refractivity contribution is -0.122. The van der Waals surface area contributed by atoms with Crippen LogP contribution in [0.3, 0.4) is 0 Å². The largest absolute Gasteiger partial charge is 0.370 e. The van der Waals surface area contributed by atoms with Gasteiger partial charge in [0.1, 0.15) is 5.82 Å². The summed E-state index contributed by atoms with van der Waals surface area (Å²) in [5.74, 6) is 0.728. The third kappa shape index (κ3) is 3.62. The average Bonchev–Trinajstić information content (AvgIpc) is 3.29. The van der Waals surface area contributed by atoms with E-state index < -0.39 is 0 Å². The lowest BCUT2D eigenvalue weighted by Crippen LogP contribution is -2.43. The van der Waals surface area contributed by atoms with Gasteiger partial charge in [0, 0.05) is 43.6 Å². The van der Waals surface area contributed by atoms with Crippen LogP contribution in [0.5, 0.6) is 0 Å². The Hall–Kier alpha value is -1.50. The van der Waals surface area contributed by atoms with Crippen LogP contribution in [0.1, 0.15) is 25.3 Å². The Morgan fingerprint density at radius 2 is 2.26 bits per heavy atom. The summed E-state index contributed by atoms with van der Waals surface area (Å²) in [7, 11) is 1.95. The summed E-state index contributed by atoms with van der Waals surface area (Å²) in [5, 5.41) is 3.12. The normalized spacial score (nSPS) is 32.2. The molecular weight excluding hydrogens is 345 g/mol. The molecule has 4 atom stereocenters. The molecule has 0 saturated carbocycles. The number of carbonyl (C=O) groups excluding carboxylic acids is 1. The van der Waals surface area contributed by atoms with Gasteiger partial charge in [-0.25, -0.2) is 4.39 Å². The van der Waals surface area contributed by atoms with Crippen LogP contribution in [0, 0.1) is 17.7 Å². The van der Waals surface area contributed by atoms with E-state index in [0.717, 1.165) is 38.0 Å². The first-order valence-electron chi connectivity index (χ1n) is 10.1. The monoisotopic (exact) mass is 375 g/mol. The smallest absolute Gasteiger partial charge is 0.234 e. The molecule has 0 aliphatic carbocycles. The van der Waals surface area contributed by atoms with Gasteiger partial charge in [-0.1, -0.05) is 25.1 Å². The van der Waals surface area contributed by atoms with Crippen molar-refractivity contribution in [2.75, 3.05) is 39.8 Å². The van der Waals surface area contributed by atoms with Crippen molar-refractivity contribution in [3.8, 4) is 0 Å². The minimum absolute atomic E-state index is 0.0809. The molecule has 3 aliphatic rings. The van der Waals surface area contributed by atoms with Crippen LogP contribution < -0.4 is 5.32 Å². The molecular formula is C21H30FN3O2. The standard InChI is InChI=1S/C21H30FN3O2/c1-3-24(2)13-20(26)23-10-16-17-12-25(11-15-6-4-5-7-18(15)22)14-21(17)9-8-19(16)27-21/h4-7,16-17,19H,3,8-14H2,1-2H3,(H,23,26)/t16-,17+,19+,21+/m0/s1. The average molecular weight is 375 g/mol. The van der Waals surface area contributed by atoms with Crippen molar-refractivity contribution in [2.24, 2.45) is 11.8 Å². The highest BCUT2D eigenvalue weighted by Crippen LogP contribution is 2.54. The fraction of sp³-hybridized carbons (Fsp3) is 0.667. The SMILES string of the molecule is CCN(C)CC(=O)NC[C@H]1[C@H]2CN(Cc3ccccc3F)C[C@]23CC[C@H]1O3. The first-order chi connectivity index (χ1) is 13.0. The van der Waals surface area contributed by atoms with Crippen LogP contribution in [0.15, 0.2) is 24.3 Å². The fourth-order valence-corrected chi connectivity index (χ4v) is 5.19. The topological polar surface area (TPSA) is 44.8 Å². The van der Waals surface area contributed by atoms with Crippen molar-refractivity contribution in [3.63, 3.8) is 0 Å². The maximum Gasteiger partial charge on any atom is 0.234 e. The van der Waals surface area contributed by atoms with E-state index in [2.05, 4.69) is 10.2 Å². The number of carbonyl (C=O) groups is 1. The Bertz CT molecular complexity index is 700. The zero-order valence-corrected chi connectivity index (χ0v) is 16.3. The molecule has 0 aromatic heterocycles. The summed E-state index contributed by atoms with van der Waals surface area (Å²) in [6.45, 7) is 6.43. The second-order valence-corrected chi connectivity index (χ2v) is 8.43. The van der Waals surface area contributed by atoms with E-state index in [-0.39, 0.29) is 23.4 Å². The molecule has 3 aliphatic heterocycles. The Labute approximate surface area is 160 Å². The number of benzene rings is 1. The number of rotatable bonds is 7. The molecule has 1 aromatic carbocycles. The van der Waals surface area contributed by atoms with Gasteiger partial charge in [-0.3, -0.25) is 14.6 Å². The number of nitrogens with one attached hydrogen (secondary N) is 1. The number of amides is 1. The predicted octanol–water partition coefficient (Wildman–Crippen LogP) is 1.87. The van der Waals surface area contributed by atoms with Crippen molar-refractivity contribution in [2.45, 2.75) is 38.0 Å². The summed E-state index contributed by atoms with van der Waals surface area (Å²) >= 11 is 0. The molecule has 1 N–H and O–H groups in total. The van der Waals surface area contributed by atoms with Crippen molar-refractivity contribution in [3.05, 3.63) is 35.6 Å². The van der Waals surface area contributed by atoms with Crippen molar-refractivity contribution in [1.82, 2.24) is 15.1 Å². The quantitative estimate of drug-likeness (QED) is 0.790. The Morgan fingerprint density at radius 1 is 1.44 bits per heavy atom. The van der Waals surface area contributed by atoms with E-state index in [1.54, 1.807) is 6.07 Å². The fourth-order valence-electron chi connectivity index (χ4n) is 5.19. The molecule has 148 valence electrons. The molecule has 1 spiro atoms. The highest BCUT2D eigenvalue weighted by Gasteiger charge is 2.62. The van der Waals surface area contributed by atoms with Crippen LogP contribution >= 0.6 is 0 Å². The van der Waals surface area contributed by atoms with Gasteiger partial charge in [-0.05, 0) is 32.5 Å². The van der Waals surface area contributed by atoms with Gasteiger partial charge in [-0.15, -0.1) is 0 Å². The van der Waals surface area contributed by atoms with E-state index in [1.165, 1.54) is 6.07 Å². The van der Waals surface area contributed by atoms with Crippen molar-refractivity contribution in [1.29, 1.82) is 0 Å². The molecule has 2 bridgehead atoms. The molecule has 27 heavy (non-hydrogen) atoms. The van der Waals surface area contributed by atoms with Gasteiger partial charge < -0.3 is 10.1 Å². The molecule has 6 heteroatoms. The summed E-state index contributed by atoms with van der Waals surface area (Å²) in [4.78, 5) is 16.5. The predicted molar refractivity (Wildman–Crippen MR) is 102 cm³/mol. The highest BCUT2D eigenvalue weighted by molar-refractivity contribution is 5.77. The Morgan fingerprint density at radius 3 is 3.04 bits per heavy atom. The van der Waals surface area contributed by atoms with E-state index in [9.17, 15) is 9.18 Å². The molecule has 3 heterocycles. The molecule has 4 rings (SSSR count). The van der Waals surface area contributed by atoms with Crippen LogP contribution in [0.2, 0.25) is 0 Å². The highest BCUT2D eigenvalue weighted by atomic mass is 19.1. The molecule has 0 radical (unpaired) electrons. The van der Waals surface area contributed by atoms with Crippen LogP contribution in [0.4, 0.5) is 4.39 Å². The number of hydrogen-bond donors (Lipinski definition) is 1. The number of fused-ring (bicyclic) bond motifs is 1. The first kappa shape index (κ1) is 18.8. The third-order valence-electron chi connectivity index (χ3n) is 6.69. The summed E-state index contributed by atoms with van der Waals surface area (Å²) in [6.07, 6.45) is 2.41. The number of nitrogens with zero attached hydrogens (tertiary/aromatic N) is 2. The van der Waals surface area contributed by atoms with Gasteiger partial charge >= 0.3 is 0 Å². The molecule has 1 aromatic rings. The van der Waals surface area contributed by atoms with Gasteiger partial charge in [0.25, 0.3) is 0 Å². The minimum Gasteiger partial charge on any atom is -0.370 e. The number of ether oxygens (including phenoxy) is 1. The minimum atomic E-state index is -0.138. The zero-order chi connectivity index (χ0) is 19.0. The van der Waals surface area contributed by atoms with E-state index in [0.29, 0.717) is 31.5 Å². The Kier molecular flexibility index (Phi) is 5.23. The maximum atomic E-state index is 14.0. The van der Waals surface area contributed by atoms with Crippen LogP contribution in [0.25, 0.3) is 0 Å². The van der Waals surface area contributed by atoms with Crippen LogP contribution in [-0.4, -0.2) is 67.2 Å². The van der Waals surface area contributed by atoms with Crippen LogP contribution in [-0.2, 0) is 16.1 Å². The maximum absolute atomic E-state index is 14.0. The van der Waals surface area contributed by atoms with Gasteiger partial charge in [0.05, 0.1) is 18.2 Å². The number of likely N-dealkylation sites (tertiary alicyclic amines) is 1.